The molecule has 0 bridgehead atoms. The van der Waals surface area contributed by atoms with E-state index in [2.05, 4.69) is 10.3 Å². The van der Waals surface area contributed by atoms with Crippen LogP contribution in [0.15, 0.2) is 47.8 Å². The van der Waals surface area contributed by atoms with Gasteiger partial charge in [-0.1, -0.05) is 12.1 Å². The van der Waals surface area contributed by atoms with Crippen LogP contribution in [0.3, 0.4) is 0 Å². The molecule has 0 aliphatic carbocycles. The van der Waals surface area contributed by atoms with Gasteiger partial charge in [0.05, 0.1) is 26.7 Å². The third kappa shape index (κ3) is 3.79. The summed E-state index contributed by atoms with van der Waals surface area (Å²) in [7, 11) is 0. The van der Waals surface area contributed by atoms with Crippen molar-refractivity contribution >= 4 is 45.6 Å². The van der Waals surface area contributed by atoms with E-state index in [-0.39, 0.29) is 27.6 Å². The van der Waals surface area contributed by atoms with E-state index in [1.165, 1.54) is 24.3 Å². The molecule has 1 aliphatic heterocycles. The lowest BCUT2D eigenvalue weighted by atomic mass is 10.1. The molecule has 0 fully saturated rings. The summed E-state index contributed by atoms with van der Waals surface area (Å²) in [6.45, 7) is -0.605. The van der Waals surface area contributed by atoms with Gasteiger partial charge in [-0.05, 0) is 6.07 Å². The summed E-state index contributed by atoms with van der Waals surface area (Å²) in [5.41, 5.74) is 0.286. The van der Waals surface area contributed by atoms with E-state index < -0.39 is 34.1 Å². The van der Waals surface area contributed by atoms with Crippen LogP contribution < -0.4 is 5.32 Å². The molecule has 3 amide bonds. The minimum absolute atomic E-state index is 0.0180. The van der Waals surface area contributed by atoms with Crippen LogP contribution in [0.5, 0.6) is 0 Å². The van der Waals surface area contributed by atoms with Crippen LogP contribution in [0, 0.1) is 20.2 Å². The quantitative estimate of drug-likeness (QED) is 0.338. The standard InChI is InChI=1S/C19H11N5O7S/c25-16(8-22-17(26)13-5-4-12(24(30)31)7-14(13)18(22)27)21-19-20-15(9-32-19)10-2-1-3-11(6-10)23(28)29/h1-7,9H,8H2,(H,20,21,25). The number of anilines is 1. The molecular formula is C19H11N5O7S. The zero-order valence-electron chi connectivity index (χ0n) is 15.9. The molecule has 32 heavy (non-hydrogen) atoms. The maximum atomic E-state index is 12.5. The molecule has 13 heteroatoms. The molecule has 4 rings (SSSR count). The van der Waals surface area contributed by atoms with Gasteiger partial charge < -0.3 is 5.32 Å². The number of hydrogen-bond donors (Lipinski definition) is 1. The Kier molecular flexibility index (Phi) is 5.16. The molecule has 0 saturated carbocycles. The highest BCUT2D eigenvalue weighted by molar-refractivity contribution is 7.14. The van der Waals surface area contributed by atoms with Crippen molar-refractivity contribution in [2.45, 2.75) is 0 Å². The van der Waals surface area contributed by atoms with Crippen molar-refractivity contribution in [3.8, 4) is 11.3 Å². The molecule has 12 nitrogen and oxygen atoms in total. The first-order valence-corrected chi connectivity index (χ1v) is 9.77. The van der Waals surface area contributed by atoms with Crippen molar-refractivity contribution in [1.82, 2.24) is 9.88 Å². The fraction of sp³-hybridized carbons (Fsp3) is 0.0526. The predicted molar refractivity (Wildman–Crippen MR) is 111 cm³/mol. The molecule has 0 radical (unpaired) electrons. The van der Waals surface area contributed by atoms with Crippen molar-refractivity contribution < 1.29 is 24.2 Å². The Bertz CT molecular complexity index is 1320. The lowest BCUT2D eigenvalue weighted by Crippen LogP contribution is -2.37. The van der Waals surface area contributed by atoms with E-state index in [9.17, 15) is 34.6 Å². The van der Waals surface area contributed by atoms with E-state index in [4.69, 9.17) is 0 Å². The monoisotopic (exact) mass is 453 g/mol. The average Bonchev–Trinajstić information content (AvgIpc) is 3.32. The number of non-ortho nitro benzene ring substituents is 2. The van der Waals surface area contributed by atoms with Crippen molar-refractivity contribution in [2.24, 2.45) is 0 Å². The van der Waals surface area contributed by atoms with Gasteiger partial charge in [0.1, 0.15) is 6.54 Å². The van der Waals surface area contributed by atoms with Gasteiger partial charge in [-0.25, -0.2) is 4.98 Å². The minimum atomic E-state index is -0.805. The summed E-state index contributed by atoms with van der Waals surface area (Å²) in [6, 6.07) is 9.12. The fourth-order valence-electron chi connectivity index (χ4n) is 3.08. The number of nitrogens with zero attached hydrogens (tertiary/aromatic N) is 4. The van der Waals surface area contributed by atoms with Gasteiger partial charge in [0, 0.05) is 35.2 Å². The summed E-state index contributed by atoms with van der Waals surface area (Å²) < 4.78 is 0. The molecule has 3 aromatic rings. The largest absolute Gasteiger partial charge is 0.300 e. The van der Waals surface area contributed by atoms with Crippen LogP contribution in [0.1, 0.15) is 20.7 Å². The second-order valence-electron chi connectivity index (χ2n) is 6.58. The number of hydrogen-bond acceptors (Lipinski definition) is 9. The second kappa shape index (κ2) is 7.96. The third-order valence-electron chi connectivity index (χ3n) is 4.57. The lowest BCUT2D eigenvalue weighted by molar-refractivity contribution is -0.385. The predicted octanol–water partition coefficient (Wildman–Crippen LogP) is 2.86. The number of thiazole rings is 1. The Morgan fingerprint density at radius 3 is 2.41 bits per heavy atom. The first kappa shape index (κ1) is 20.7. The number of amides is 3. The number of aromatic nitrogens is 1. The zero-order valence-corrected chi connectivity index (χ0v) is 16.7. The number of nitrogens with one attached hydrogen (secondary N) is 1. The molecule has 2 aromatic carbocycles. The molecule has 1 N–H and O–H groups in total. The van der Waals surface area contributed by atoms with Crippen molar-refractivity contribution in [1.29, 1.82) is 0 Å². The van der Waals surface area contributed by atoms with Crippen LogP contribution in [0.2, 0.25) is 0 Å². The Morgan fingerprint density at radius 2 is 1.69 bits per heavy atom. The molecule has 2 heterocycles. The Hall–Kier alpha value is -4.52. The number of fused-ring (bicyclic) bond motifs is 1. The van der Waals surface area contributed by atoms with E-state index in [0.717, 1.165) is 23.5 Å². The number of carbonyl (C=O) groups excluding carboxylic acids is 3. The van der Waals surface area contributed by atoms with E-state index in [0.29, 0.717) is 16.2 Å². The van der Waals surface area contributed by atoms with Gasteiger partial charge in [-0.3, -0.25) is 39.5 Å². The molecule has 0 atom stereocenters. The number of carbonyl (C=O) groups is 3. The van der Waals surface area contributed by atoms with Crippen LogP contribution in [-0.2, 0) is 4.79 Å². The molecule has 160 valence electrons. The van der Waals surface area contributed by atoms with Gasteiger partial charge >= 0.3 is 0 Å². The smallest absolute Gasteiger partial charge is 0.270 e. The average molecular weight is 453 g/mol. The van der Waals surface area contributed by atoms with Crippen LogP contribution in [0.4, 0.5) is 16.5 Å². The van der Waals surface area contributed by atoms with Crippen LogP contribution in [0.25, 0.3) is 11.3 Å². The maximum absolute atomic E-state index is 12.5. The highest BCUT2D eigenvalue weighted by Gasteiger charge is 2.37. The normalized spacial score (nSPS) is 12.6. The highest BCUT2D eigenvalue weighted by atomic mass is 32.1. The Morgan fingerprint density at radius 1 is 1.00 bits per heavy atom. The van der Waals surface area contributed by atoms with E-state index in [1.54, 1.807) is 11.4 Å². The first-order chi connectivity index (χ1) is 15.2. The summed E-state index contributed by atoms with van der Waals surface area (Å²) in [4.78, 5) is 62.8. The van der Waals surface area contributed by atoms with Gasteiger partial charge in [0.25, 0.3) is 23.2 Å². The van der Waals surface area contributed by atoms with E-state index >= 15 is 0 Å². The van der Waals surface area contributed by atoms with Crippen molar-refractivity contribution in [2.75, 3.05) is 11.9 Å². The highest BCUT2D eigenvalue weighted by Crippen LogP contribution is 2.29. The molecule has 0 unspecified atom stereocenters. The van der Waals surface area contributed by atoms with Gasteiger partial charge in [0.15, 0.2) is 5.13 Å². The maximum Gasteiger partial charge on any atom is 0.270 e. The molecule has 0 saturated heterocycles. The van der Waals surface area contributed by atoms with Crippen LogP contribution >= 0.6 is 11.3 Å². The van der Waals surface area contributed by atoms with E-state index in [1.807, 2.05) is 0 Å². The van der Waals surface area contributed by atoms with Crippen molar-refractivity contribution in [3.63, 3.8) is 0 Å². The third-order valence-corrected chi connectivity index (χ3v) is 5.33. The second-order valence-corrected chi connectivity index (χ2v) is 7.44. The number of rotatable bonds is 6. The van der Waals surface area contributed by atoms with Gasteiger partial charge in [-0.2, -0.15) is 0 Å². The number of nitro benzene ring substituents is 2. The summed E-state index contributed by atoms with van der Waals surface area (Å²) in [5, 5.41) is 26.1. The number of nitro groups is 2. The Balaban J connectivity index is 1.46. The Labute approximate surface area is 182 Å². The summed E-state index contributed by atoms with van der Waals surface area (Å²) in [6.07, 6.45) is 0. The first-order valence-electron chi connectivity index (χ1n) is 8.89. The number of benzene rings is 2. The zero-order chi connectivity index (χ0) is 23.0. The lowest BCUT2D eigenvalue weighted by Gasteiger charge is -2.12. The fourth-order valence-corrected chi connectivity index (χ4v) is 3.82. The topological polar surface area (TPSA) is 166 Å². The van der Waals surface area contributed by atoms with Gasteiger partial charge in [-0.15, -0.1) is 11.3 Å². The molecule has 1 aliphatic rings. The van der Waals surface area contributed by atoms with Crippen molar-refractivity contribution in [3.05, 3.63) is 79.2 Å². The summed E-state index contributed by atoms with van der Waals surface area (Å²) in [5.74, 6) is -2.24. The molecule has 1 aromatic heterocycles. The SMILES string of the molecule is O=C(CN1C(=O)c2ccc([N+](=O)[O-])cc2C1=O)Nc1nc(-c2cccc([N+](=O)[O-])c2)cs1. The molecular weight excluding hydrogens is 442 g/mol. The van der Waals surface area contributed by atoms with Gasteiger partial charge in [0.2, 0.25) is 5.91 Å². The number of imide groups is 1. The van der Waals surface area contributed by atoms with Crippen LogP contribution in [-0.4, -0.2) is 44.0 Å². The summed E-state index contributed by atoms with van der Waals surface area (Å²) >= 11 is 1.06. The molecule has 0 spiro atoms. The minimum Gasteiger partial charge on any atom is -0.300 e.